The average molecular weight is 292 g/mol. The van der Waals surface area contributed by atoms with Crippen LogP contribution in [0.3, 0.4) is 0 Å². The molecular weight excluding hydrogens is 283 g/mol. The van der Waals surface area contributed by atoms with Gasteiger partial charge in [0.2, 0.25) is 0 Å². The number of nitrogens with zero attached hydrogens (tertiary/aromatic N) is 2. The number of aryl methyl sites for hydroxylation is 1. The quantitative estimate of drug-likeness (QED) is 0.616. The summed E-state index contributed by atoms with van der Waals surface area (Å²) in [6.45, 7) is 3.10. The zero-order valence-corrected chi connectivity index (χ0v) is 9.72. The zero-order valence-electron chi connectivity index (χ0n) is 6.75. The Balaban J connectivity index is 2.64. The predicted molar refractivity (Wildman–Crippen MR) is 61.0 cm³/mol. The van der Waals surface area contributed by atoms with Crippen molar-refractivity contribution in [2.75, 3.05) is 0 Å². The Morgan fingerprint density at radius 3 is 3.25 bits per heavy atom. The van der Waals surface area contributed by atoms with E-state index in [1.807, 2.05) is 10.9 Å². The van der Waals surface area contributed by atoms with Crippen molar-refractivity contribution < 1.29 is 0 Å². The van der Waals surface area contributed by atoms with Gasteiger partial charge in [-0.05, 0) is 20.6 Å². The highest BCUT2D eigenvalue weighted by Crippen LogP contribution is 2.07. The van der Waals surface area contributed by atoms with Crippen LogP contribution in [-0.2, 0) is 6.54 Å². The molecule has 1 heterocycles. The largest absolute Gasteiger partial charge is 0.271 e. The molecule has 0 aliphatic rings. The third kappa shape index (κ3) is 3.07. The monoisotopic (exact) mass is 292 g/mol. The molecule has 0 N–H and O–H groups in total. The molecule has 0 fully saturated rings. The van der Waals surface area contributed by atoms with Gasteiger partial charge < -0.3 is 0 Å². The van der Waals surface area contributed by atoms with Gasteiger partial charge in [-0.1, -0.05) is 12.8 Å². The summed E-state index contributed by atoms with van der Waals surface area (Å²) in [7, 11) is 1.49. The van der Waals surface area contributed by atoms with Crippen LogP contribution >= 0.6 is 30.1 Å². The van der Waals surface area contributed by atoms with Crippen LogP contribution in [0.2, 0.25) is 0 Å². The lowest BCUT2D eigenvalue weighted by molar-refractivity contribution is 0.602. The number of rotatable bonds is 2. The van der Waals surface area contributed by atoms with Gasteiger partial charge in [0.05, 0.1) is 11.8 Å². The number of hydrogen-bond donors (Lipinski definition) is 0. The number of hydrogen-bond acceptors (Lipinski definition) is 2. The second-order valence-electron chi connectivity index (χ2n) is 2.30. The first-order chi connectivity index (χ1) is 5.86. The Morgan fingerprint density at radius 1 is 1.75 bits per heavy atom. The van der Waals surface area contributed by atoms with Crippen LogP contribution in [0.4, 0.5) is 0 Å². The Kier molecular flexibility index (Phi) is 4.54. The fourth-order valence-electron chi connectivity index (χ4n) is 0.858. The van der Waals surface area contributed by atoms with E-state index in [1.165, 1.54) is 8.93 Å². The minimum Gasteiger partial charge on any atom is -0.271 e. The first-order valence-corrected chi connectivity index (χ1v) is 7.03. The van der Waals surface area contributed by atoms with Gasteiger partial charge in [0.1, 0.15) is 0 Å². The second kappa shape index (κ2) is 5.49. The molecule has 1 aromatic heterocycles. The van der Waals surface area contributed by atoms with Gasteiger partial charge in [0, 0.05) is 33.9 Å². The van der Waals surface area contributed by atoms with Crippen molar-refractivity contribution in [3.05, 3.63) is 18.0 Å². The van der Waals surface area contributed by atoms with E-state index >= 15 is 0 Å². The Labute approximate surface area is 88.7 Å². The summed E-state index contributed by atoms with van der Waals surface area (Å²) < 4.78 is 1.92. The summed E-state index contributed by atoms with van der Waals surface area (Å²) >= 11 is 2.15. The van der Waals surface area contributed by atoms with E-state index in [0.717, 1.165) is 18.5 Å². The zero-order chi connectivity index (χ0) is 8.81. The first-order valence-electron chi connectivity index (χ1n) is 3.68. The van der Waals surface area contributed by atoms with Gasteiger partial charge >= 0.3 is 0 Å². The first kappa shape index (κ1) is 9.93. The molecule has 64 valence electrons. The molecule has 0 aliphatic carbocycles. The van der Waals surface area contributed by atoms with Crippen LogP contribution in [0, 0.1) is 11.2 Å². The van der Waals surface area contributed by atoms with Crippen LogP contribution in [0.5, 0.6) is 0 Å². The van der Waals surface area contributed by atoms with E-state index in [9.17, 15) is 0 Å². The Bertz CT molecular complexity index is 297. The van der Waals surface area contributed by atoms with Gasteiger partial charge in [-0.15, -0.1) is 0 Å². The minimum atomic E-state index is 0.971. The number of halogens is 1. The summed E-state index contributed by atoms with van der Waals surface area (Å²) in [5.74, 6) is 3.00. The molecule has 0 aromatic carbocycles. The summed E-state index contributed by atoms with van der Waals surface area (Å²) in [6, 6.07) is 0. The molecule has 0 radical (unpaired) electrons. The highest BCUT2D eigenvalue weighted by atomic mass is 127. The molecule has 0 amide bonds. The summed E-state index contributed by atoms with van der Waals surface area (Å²) in [6.07, 6.45) is 4.88. The van der Waals surface area contributed by atoms with Crippen LogP contribution in [0.1, 0.15) is 18.9 Å². The topological polar surface area (TPSA) is 17.8 Å². The molecule has 12 heavy (non-hydrogen) atoms. The van der Waals surface area contributed by atoms with Crippen LogP contribution < -0.4 is 0 Å². The molecule has 1 rings (SSSR count). The summed E-state index contributed by atoms with van der Waals surface area (Å²) in [4.78, 5) is 0. The van der Waals surface area contributed by atoms with Crippen LogP contribution in [0.25, 0.3) is 0 Å². The molecule has 0 saturated carbocycles. The standard InChI is InChI=1S/C8H9IN2S/c1-2-4-11-7-8(6-10-11)3-5-12-9/h6-7H,2,4H2,1H3. The molecular formula is C8H9IN2S. The normalized spacial score (nSPS) is 9.17. The van der Waals surface area contributed by atoms with Crippen molar-refractivity contribution >= 4 is 30.1 Å². The van der Waals surface area contributed by atoms with Gasteiger partial charge in [-0.3, -0.25) is 4.68 Å². The Morgan fingerprint density at radius 2 is 2.58 bits per heavy atom. The third-order valence-corrected chi connectivity index (χ3v) is 2.16. The molecule has 4 heteroatoms. The van der Waals surface area contributed by atoms with E-state index in [4.69, 9.17) is 0 Å². The van der Waals surface area contributed by atoms with E-state index in [2.05, 4.69) is 44.4 Å². The molecule has 0 aliphatic heterocycles. The third-order valence-electron chi connectivity index (χ3n) is 1.32. The molecule has 0 bridgehead atoms. The SMILES string of the molecule is CCCn1cc(C#CSI)cn1. The molecule has 0 spiro atoms. The lowest BCUT2D eigenvalue weighted by Gasteiger charge is -1.93. The smallest absolute Gasteiger partial charge is 0.0646 e. The highest BCUT2D eigenvalue weighted by molar-refractivity contribution is 14.2. The predicted octanol–water partition coefficient (Wildman–Crippen LogP) is 2.69. The van der Waals surface area contributed by atoms with Crippen molar-refractivity contribution in [2.24, 2.45) is 0 Å². The summed E-state index contributed by atoms with van der Waals surface area (Å²) in [5, 5.41) is 7.08. The maximum Gasteiger partial charge on any atom is 0.0646 e. The van der Waals surface area contributed by atoms with E-state index in [-0.39, 0.29) is 0 Å². The molecule has 2 nitrogen and oxygen atoms in total. The van der Waals surface area contributed by atoms with Crippen molar-refractivity contribution in [3.63, 3.8) is 0 Å². The lowest BCUT2D eigenvalue weighted by atomic mass is 10.4. The van der Waals surface area contributed by atoms with Crippen molar-refractivity contribution in [1.82, 2.24) is 9.78 Å². The van der Waals surface area contributed by atoms with Gasteiger partial charge in [-0.2, -0.15) is 5.10 Å². The summed E-state index contributed by atoms with van der Waals surface area (Å²) in [5.41, 5.74) is 0.993. The van der Waals surface area contributed by atoms with E-state index in [0.29, 0.717) is 0 Å². The van der Waals surface area contributed by atoms with Crippen LogP contribution in [-0.4, -0.2) is 9.78 Å². The molecule has 0 atom stereocenters. The fourth-order valence-corrected chi connectivity index (χ4v) is 1.34. The van der Waals surface area contributed by atoms with Crippen molar-refractivity contribution in [3.8, 4) is 11.2 Å². The highest BCUT2D eigenvalue weighted by Gasteiger charge is 1.92. The second-order valence-corrected chi connectivity index (χ2v) is 3.98. The van der Waals surface area contributed by atoms with Crippen LogP contribution in [0.15, 0.2) is 12.4 Å². The van der Waals surface area contributed by atoms with Gasteiger partial charge in [0.25, 0.3) is 0 Å². The average Bonchev–Trinajstić information content (AvgIpc) is 2.50. The van der Waals surface area contributed by atoms with E-state index in [1.54, 1.807) is 6.20 Å². The maximum atomic E-state index is 4.16. The molecule has 1 aromatic rings. The van der Waals surface area contributed by atoms with E-state index < -0.39 is 0 Å². The Hall–Kier alpha value is -0.150. The maximum absolute atomic E-state index is 4.16. The number of aromatic nitrogens is 2. The van der Waals surface area contributed by atoms with Gasteiger partial charge in [0.15, 0.2) is 0 Å². The van der Waals surface area contributed by atoms with Gasteiger partial charge in [-0.25, -0.2) is 0 Å². The molecule has 0 saturated heterocycles. The van der Waals surface area contributed by atoms with Crippen molar-refractivity contribution in [2.45, 2.75) is 19.9 Å². The minimum absolute atomic E-state index is 0.971. The lowest BCUT2D eigenvalue weighted by Crippen LogP contribution is -1.95. The fraction of sp³-hybridized carbons (Fsp3) is 0.375. The van der Waals surface area contributed by atoms with Crippen molar-refractivity contribution in [1.29, 1.82) is 0 Å². The molecule has 0 unspecified atom stereocenters.